The van der Waals surface area contributed by atoms with E-state index < -0.39 is 12.1 Å². The van der Waals surface area contributed by atoms with Gasteiger partial charge >= 0.3 is 12.1 Å². The number of hydrogen-bond acceptors (Lipinski definition) is 4. The standard InChI is InChI=1S/C13H10INO4S/c1-2-5-19-13(18)15-10-8-6-7(14)3-4-9(8)20-11(10)12(16)17/h2-4,6H,1,5H2,(H,15,18)(H,16,17). The van der Waals surface area contributed by atoms with E-state index in [1.165, 1.54) is 6.08 Å². The summed E-state index contributed by atoms with van der Waals surface area (Å²) in [6, 6.07) is 5.53. The maximum absolute atomic E-state index is 11.6. The molecular weight excluding hydrogens is 393 g/mol. The Morgan fingerprint density at radius 3 is 2.90 bits per heavy atom. The lowest BCUT2D eigenvalue weighted by Gasteiger charge is -2.05. The first-order valence-electron chi connectivity index (χ1n) is 5.53. The van der Waals surface area contributed by atoms with E-state index in [1.54, 1.807) is 0 Å². The minimum Gasteiger partial charge on any atom is -0.477 e. The maximum atomic E-state index is 11.6. The molecule has 2 aromatic rings. The lowest BCUT2D eigenvalue weighted by Crippen LogP contribution is -2.15. The maximum Gasteiger partial charge on any atom is 0.412 e. The van der Waals surface area contributed by atoms with Gasteiger partial charge in [0.05, 0.1) is 5.69 Å². The molecule has 0 bridgehead atoms. The number of carbonyl (C=O) groups is 2. The lowest BCUT2D eigenvalue weighted by atomic mass is 10.2. The first-order chi connectivity index (χ1) is 9.52. The van der Waals surface area contributed by atoms with Gasteiger partial charge in [0.2, 0.25) is 0 Å². The van der Waals surface area contributed by atoms with Gasteiger partial charge in [-0.2, -0.15) is 0 Å². The summed E-state index contributed by atoms with van der Waals surface area (Å²) in [7, 11) is 0. The van der Waals surface area contributed by atoms with E-state index in [1.807, 2.05) is 18.2 Å². The van der Waals surface area contributed by atoms with Crippen molar-refractivity contribution in [3.63, 3.8) is 0 Å². The Balaban J connectivity index is 2.45. The van der Waals surface area contributed by atoms with E-state index in [0.717, 1.165) is 19.6 Å². The van der Waals surface area contributed by atoms with Crippen LogP contribution in [0, 0.1) is 3.57 Å². The van der Waals surface area contributed by atoms with Crippen molar-refractivity contribution in [1.29, 1.82) is 0 Å². The first kappa shape index (κ1) is 14.8. The average molecular weight is 403 g/mol. The van der Waals surface area contributed by atoms with Gasteiger partial charge in [0.15, 0.2) is 0 Å². The van der Waals surface area contributed by atoms with Crippen molar-refractivity contribution in [1.82, 2.24) is 0 Å². The molecule has 1 aromatic carbocycles. The second-order valence-electron chi connectivity index (χ2n) is 3.76. The zero-order chi connectivity index (χ0) is 14.7. The Kier molecular flexibility index (Phi) is 4.61. The van der Waals surface area contributed by atoms with Crippen LogP contribution in [0.25, 0.3) is 10.1 Å². The summed E-state index contributed by atoms with van der Waals surface area (Å²) in [6.07, 6.45) is 0.734. The Morgan fingerprint density at radius 2 is 2.25 bits per heavy atom. The Morgan fingerprint density at radius 1 is 1.50 bits per heavy atom. The number of carboxylic acid groups (broad SMARTS) is 1. The predicted molar refractivity (Wildman–Crippen MR) is 86.7 cm³/mol. The van der Waals surface area contributed by atoms with Gasteiger partial charge in [0.25, 0.3) is 0 Å². The summed E-state index contributed by atoms with van der Waals surface area (Å²) >= 11 is 3.24. The monoisotopic (exact) mass is 403 g/mol. The number of thiophene rings is 1. The number of benzene rings is 1. The number of hydrogen-bond donors (Lipinski definition) is 2. The van der Waals surface area contributed by atoms with Gasteiger partial charge in [0, 0.05) is 13.7 Å². The van der Waals surface area contributed by atoms with Gasteiger partial charge in [-0.15, -0.1) is 11.3 Å². The van der Waals surface area contributed by atoms with Crippen molar-refractivity contribution >= 4 is 61.8 Å². The zero-order valence-corrected chi connectivity index (χ0v) is 13.2. The molecule has 0 spiro atoms. The van der Waals surface area contributed by atoms with Crippen LogP contribution in [0.2, 0.25) is 0 Å². The van der Waals surface area contributed by atoms with Gasteiger partial charge in [0.1, 0.15) is 11.5 Å². The van der Waals surface area contributed by atoms with Crippen LogP contribution in [-0.4, -0.2) is 23.8 Å². The molecule has 5 nitrogen and oxygen atoms in total. The van der Waals surface area contributed by atoms with Crippen LogP contribution in [0.15, 0.2) is 30.9 Å². The molecule has 1 amide bonds. The molecule has 0 aliphatic rings. The molecule has 0 radical (unpaired) electrons. The third-order valence-electron chi connectivity index (χ3n) is 2.40. The number of halogens is 1. The lowest BCUT2D eigenvalue weighted by molar-refractivity contribution is 0.0703. The van der Waals surface area contributed by atoms with Crippen LogP contribution < -0.4 is 5.32 Å². The number of rotatable bonds is 4. The molecule has 0 aliphatic carbocycles. The summed E-state index contributed by atoms with van der Waals surface area (Å²) in [5.41, 5.74) is 0.269. The van der Waals surface area contributed by atoms with E-state index in [9.17, 15) is 14.7 Å². The third kappa shape index (κ3) is 3.10. The highest BCUT2D eigenvalue weighted by atomic mass is 127. The van der Waals surface area contributed by atoms with Crippen molar-refractivity contribution in [2.24, 2.45) is 0 Å². The van der Waals surface area contributed by atoms with E-state index in [0.29, 0.717) is 5.39 Å². The number of aromatic carboxylic acids is 1. The number of amides is 1. The molecular formula is C13H10INO4S. The Bertz CT molecular complexity index is 695. The van der Waals surface area contributed by atoms with Crippen molar-refractivity contribution in [2.75, 3.05) is 11.9 Å². The largest absolute Gasteiger partial charge is 0.477 e. The fourth-order valence-corrected chi connectivity index (χ4v) is 3.09. The van der Waals surface area contributed by atoms with Gasteiger partial charge in [-0.3, -0.25) is 5.32 Å². The number of carboxylic acids is 1. The Hall–Kier alpha value is -1.61. The average Bonchev–Trinajstić information content (AvgIpc) is 2.75. The number of nitrogens with one attached hydrogen (secondary N) is 1. The number of anilines is 1. The van der Waals surface area contributed by atoms with Crippen molar-refractivity contribution in [3.8, 4) is 0 Å². The van der Waals surface area contributed by atoms with Crippen LogP contribution in [0.5, 0.6) is 0 Å². The van der Waals surface area contributed by atoms with E-state index in [4.69, 9.17) is 4.74 Å². The number of carbonyl (C=O) groups excluding carboxylic acids is 1. The normalized spacial score (nSPS) is 10.2. The predicted octanol–water partition coefficient (Wildman–Crippen LogP) is 3.94. The quantitative estimate of drug-likeness (QED) is 0.599. The molecule has 1 aromatic heterocycles. The molecule has 0 aliphatic heterocycles. The van der Waals surface area contributed by atoms with Crippen LogP contribution >= 0.6 is 33.9 Å². The molecule has 104 valence electrons. The highest BCUT2D eigenvalue weighted by Crippen LogP contribution is 2.36. The summed E-state index contributed by atoms with van der Waals surface area (Å²) in [5, 5.41) is 12.4. The molecule has 2 N–H and O–H groups in total. The van der Waals surface area contributed by atoms with Crippen LogP contribution in [-0.2, 0) is 4.74 Å². The van der Waals surface area contributed by atoms with Gasteiger partial charge in [-0.25, -0.2) is 9.59 Å². The van der Waals surface area contributed by atoms with Gasteiger partial charge < -0.3 is 9.84 Å². The second kappa shape index (κ2) is 6.23. The highest BCUT2D eigenvalue weighted by molar-refractivity contribution is 14.1. The minimum atomic E-state index is -1.08. The van der Waals surface area contributed by atoms with Crippen molar-refractivity contribution in [2.45, 2.75) is 0 Å². The SMILES string of the molecule is C=CCOC(=O)Nc1c(C(=O)O)sc2ccc(I)cc12. The summed E-state index contributed by atoms with van der Waals surface area (Å²) in [6.45, 7) is 3.50. The summed E-state index contributed by atoms with van der Waals surface area (Å²) in [4.78, 5) is 23.0. The van der Waals surface area contributed by atoms with Crippen LogP contribution in [0.3, 0.4) is 0 Å². The first-order valence-corrected chi connectivity index (χ1v) is 7.42. The smallest absolute Gasteiger partial charge is 0.412 e. The zero-order valence-electron chi connectivity index (χ0n) is 10.2. The molecule has 0 unspecified atom stereocenters. The number of ether oxygens (including phenoxy) is 1. The van der Waals surface area contributed by atoms with Crippen molar-refractivity contribution in [3.05, 3.63) is 39.3 Å². The van der Waals surface area contributed by atoms with Gasteiger partial charge in [-0.05, 0) is 40.8 Å². The molecule has 0 saturated carbocycles. The molecule has 7 heteroatoms. The highest BCUT2D eigenvalue weighted by Gasteiger charge is 2.20. The molecule has 0 fully saturated rings. The minimum absolute atomic E-state index is 0.0633. The summed E-state index contributed by atoms with van der Waals surface area (Å²) in [5.74, 6) is -1.08. The van der Waals surface area contributed by atoms with Crippen molar-refractivity contribution < 1.29 is 19.4 Å². The number of fused-ring (bicyclic) bond motifs is 1. The summed E-state index contributed by atoms with van der Waals surface area (Å²) < 4.78 is 6.56. The van der Waals surface area contributed by atoms with E-state index >= 15 is 0 Å². The van der Waals surface area contributed by atoms with E-state index in [2.05, 4.69) is 34.5 Å². The van der Waals surface area contributed by atoms with Crippen LogP contribution in [0.4, 0.5) is 10.5 Å². The van der Waals surface area contributed by atoms with Crippen LogP contribution in [0.1, 0.15) is 9.67 Å². The third-order valence-corrected chi connectivity index (χ3v) is 4.23. The molecule has 20 heavy (non-hydrogen) atoms. The van der Waals surface area contributed by atoms with E-state index in [-0.39, 0.29) is 17.2 Å². The molecule has 2 rings (SSSR count). The van der Waals surface area contributed by atoms with Gasteiger partial charge in [-0.1, -0.05) is 12.7 Å². The second-order valence-corrected chi connectivity index (χ2v) is 6.06. The molecule has 1 heterocycles. The molecule has 0 atom stereocenters. The Labute approximate surface area is 132 Å². The fraction of sp³-hybridized carbons (Fsp3) is 0.0769. The molecule has 0 saturated heterocycles. The topological polar surface area (TPSA) is 75.6 Å². The fourth-order valence-electron chi connectivity index (χ4n) is 1.62.